The molecule has 5 N–H and O–H groups in total. The van der Waals surface area contributed by atoms with Crippen molar-refractivity contribution in [2.75, 3.05) is 18.0 Å². The summed E-state index contributed by atoms with van der Waals surface area (Å²) in [6.45, 7) is 4.42. The Bertz CT molecular complexity index is 699. The van der Waals surface area contributed by atoms with Gasteiger partial charge >= 0.3 is 6.03 Å². The van der Waals surface area contributed by atoms with Crippen LogP contribution >= 0.6 is 0 Å². The van der Waals surface area contributed by atoms with Crippen molar-refractivity contribution >= 4 is 23.5 Å². The third kappa shape index (κ3) is 5.93. The number of unbranched alkanes of at least 4 members (excludes halogenated alkanes) is 1. The smallest absolute Gasteiger partial charge is 0.329 e. The highest BCUT2D eigenvalue weighted by Crippen LogP contribution is 2.37. The highest BCUT2D eigenvalue weighted by molar-refractivity contribution is 6.04. The van der Waals surface area contributed by atoms with Crippen LogP contribution in [0, 0.1) is 6.92 Å². The first-order valence-corrected chi connectivity index (χ1v) is 10.4. The molecule has 2 rings (SSSR count). The Morgan fingerprint density at radius 1 is 1.10 bits per heavy atom. The molecular weight excluding hydrogens is 370 g/mol. The molecule has 0 bridgehead atoms. The summed E-state index contributed by atoms with van der Waals surface area (Å²) in [6, 6.07) is 7.07. The number of rotatable bonds is 9. The van der Waals surface area contributed by atoms with Gasteiger partial charge in [-0.25, -0.2) is 10.2 Å². The van der Waals surface area contributed by atoms with Gasteiger partial charge in [0.25, 0.3) is 0 Å². The predicted octanol–water partition coefficient (Wildman–Crippen LogP) is 2.12. The van der Waals surface area contributed by atoms with Crippen molar-refractivity contribution in [1.29, 1.82) is 0 Å². The van der Waals surface area contributed by atoms with Gasteiger partial charge in [-0.05, 0) is 38.3 Å². The van der Waals surface area contributed by atoms with Gasteiger partial charge in [-0.3, -0.25) is 19.9 Å². The highest BCUT2D eigenvalue weighted by atomic mass is 16.2. The molecule has 0 aliphatic heterocycles. The number of anilines is 1. The molecule has 1 aliphatic carbocycles. The third-order valence-electron chi connectivity index (χ3n) is 5.37. The zero-order valence-corrected chi connectivity index (χ0v) is 17.4. The number of hydrogen-bond donors (Lipinski definition) is 4. The van der Waals surface area contributed by atoms with E-state index >= 15 is 0 Å². The minimum atomic E-state index is -1.05. The summed E-state index contributed by atoms with van der Waals surface area (Å²) < 4.78 is 0. The monoisotopic (exact) mass is 403 g/mol. The summed E-state index contributed by atoms with van der Waals surface area (Å²) in [5, 5.41) is 2.70. The average molecular weight is 404 g/mol. The normalized spacial score (nSPS) is 15.4. The standard InChI is InChI=1S/C21H33N5O3/c1-3-4-14-23-20(29)25-24-15-18(27)26(17-10-8-16(2)9-11-17)21(19(22)28)12-6-5-7-13-21/h8-11,24H,3-7,12-15H2,1-2H3,(H2,22,28)(H2,23,25,29). The van der Waals surface area contributed by atoms with Crippen molar-refractivity contribution in [3.8, 4) is 0 Å². The van der Waals surface area contributed by atoms with Crippen LogP contribution in [0.5, 0.6) is 0 Å². The molecule has 1 fully saturated rings. The lowest BCUT2D eigenvalue weighted by molar-refractivity contribution is -0.129. The number of primary amides is 1. The lowest BCUT2D eigenvalue weighted by Gasteiger charge is -2.44. The number of nitrogens with two attached hydrogens (primary N) is 1. The fourth-order valence-electron chi connectivity index (χ4n) is 3.74. The molecule has 8 heteroatoms. The molecular formula is C21H33N5O3. The van der Waals surface area contributed by atoms with E-state index in [0.29, 0.717) is 25.1 Å². The Kier molecular flexibility index (Phi) is 8.45. The molecule has 0 spiro atoms. The van der Waals surface area contributed by atoms with Crippen molar-refractivity contribution in [2.24, 2.45) is 5.73 Å². The van der Waals surface area contributed by atoms with E-state index in [1.807, 2.05) is 38.1 Å². The fourth-order valence-corrected chi connectivity index (χ4v) is 3.74. The van der Waals surface area contributed by atoms with Crippen molar-refractivity contribution in [3.63, 3.8) is 0 Å². The molecule has 0 radical (unpaired) electrons. The molecule has 1 aromatic carbocycles. The number of nitrogens with one attached hydrogen (secondary N) is 3. The van der Waals surface area contributed by atoms with E-state index < -0.39 is 17.5 Å². The van der Waals surface area contributed by atoms with Crippen LogP contribution in [0.1, 0.15) is 57.4 Å². The van der Waals surface area contributed by atoms with Gasteiger partial charge in [0.1, 0.15) is 5.54 Å². The van der Waals surface area contributed by atoms with Gasteiger partial charge in [0.15, 0.2) is 0 Å². The maximum absolute atomic E-state index is 13.2. The number of carbonyl (C=O) groups is 3. The second-order valence-electron chi connectivity index (χ2n) is 7.61. The van der Waals surface area contributed by atoms with Crippen LogP contribution in [0.4, 0.5) is 10.5 Å². The van der Waals surface area contributed by atoms with Crippen LogP contribution in [0.3, 0.4) is 0 Å². The molecule has 0 saturated heterocycles. The summed E-state index contributed by atoms with van der Waals surface area (Å²) >= 11 is 0. The van der Waals surface area contributed by atoms with Crippen LogP contribution in [0.15, 0.2) is 24.3 Å². The molecule has 1 aromatic rings. The van der Waals surface area contributed by atoms with Gasteiger partial charge in [-0.1, -0.05) is 50.3 Å². The molecule has 4 amide bonds. The molecule has 0 unspecified atom stereocenters. The Labute approximate surface area is 172 Å². The molecule has 1 saturated carbocycles. The van der Waals surface area contributed by atoms with E-state index in [9.17, 15) is 14.4 Å². The van der Waals surface area contributed by atoms with E-state index in [4.69, 9.17) is 5.73 Å². The highest BCUT2D eigenvalue weighted by Gasteiger charge is 2.46. The first kappa shape index (κ1) is 22.7. The molecule has 0 heterocycles. The van der Waals surface area contributed by atoms with Gasteiger partial charge in [-0.15, -0.1) is 0 Å². The number of amides is 4. The average Bonchev–Trinajstić information content (AvgIpc) is 2.70. The summed E-state index contributed by atoms with van der Waals surface area (Å²) in [6.07, 6.45) is 5.62. The second-order valence-corrected chi connectivity index (χ2v) is 7.61. The van der Waals surface area contributed by atoms with Crippen LogP contribution in [-0.4, -0.2) is 36.5 Å². The lowest BCUT2D eigenvalue weighted by atomic mass is 9.79. The Morgan fingerprint density at radius 2 is 1.76 bits per heavy atom. The second kappa shape index (κ2) is 10.8. The van der Waals surface area contributed by atoms with Crippen molar-refractivity contribution in [1.82, 2.24) is 16.2 Å². The Morgan fingerprint density at radius 3 is 2.34 bits per heavy atom. The predicted molar refractivity (Wildman–Crippen MR) is 113 cm³/mol. The first-order valence-electron chi connectivity index (χ1n) is 10.4. The molecule has 8 nitrogen and oxygen atoms in total. The van der Waals surface area contributed by atoms with Crippen molar-refractivity contribution < 1.29 is 14.4 Å². The van der Waals surface area contributed by atoms with E-state index in [-0.39, 0.29) is 12.5 Å². The van der Waals surface area contributed by atoms with E-state index in [0.717, 1.165) is 37.7 Å². The number of aryl methyl sites for hydroxylation is 1. The summed E-state index contributed by atoms with van der Waals surface area (Å²) in [5.41, 5.74) is 11.6. The zero-order chi connectivity index (χ0) is 21.3. The summed E-state index contributed by atoms with van der Waals surface area (Å²) in [7, 11) is 0. The quantitative estimate of drug-likeness (QED) is 0.373. The number of hydrogen-bond acceptors (Lipinski definition) is 4. The van der Waals surface area contributed by atoms with Gasteiger partial charge in [0.05, 0.1) is 6.54 Å². The fraction of sp³-hybridized carbons (Fsp3) is 0.571. The van der Waals surface area contributed by atoms with Crippen LogP contribution in [0.2, 0.25) is 0 Å². The van der Waals surface area contributed by atoms with Crippen molar-refractivity contribution in [2.45, 2.75) is 64.3 Å². The third-order valence-corrected chi connectivity index (χ3v) is 5.37. The van der Waals surface area contributed by atoms with Crippen molar-refractivity contribution in [3.05, 3.63) is 29.8 Å². The van der Waals surface area contributed by atoms with Gasteiger partial charge in [0.2, 0.25) is 11.8 Å². The SMILES string of the molecule is CCCCNC(=O)NNCC(=O)N(c1ccc(C)cc1)C1(C(N)=O)CCCCC1. The number of urea groups is 1. The molecule has 1 aliphatic rings. The van der Waals surface area contributed by atoms with E-state index in [1.54, 1.807) is 0 Å². The topological polar surface area (TPSA) is 117 Å². The number of benzene rings is 1. The van der Waals surface area contributed by atoms with E-state index in [1.165, 1.54) is 4.90 Å². The largest absolute Gasteiger partial charge is 0.368 e. The Balaban J connectivity index is 2.14. The first-order chi connectivity index (χ1) is 13.9. The lowest BCUT2D eigenvalue weighted by Crippen LogP contribution is -2.63. The van der Waals surface area contributed by atoms with Gasteiger partial charge in [-0.2, -0.15) is 0 Å². The number of nitrogens with zero attached hydrogens (tertiary/aromatic N) is 1. The maximum Gasteiger partial charge on any atom is 0.329 e. The summed E-state index contributed by atoms with van der Waals surface area (Å²) in [4.78, 5) is 39.0. The van der Waals surface area contributed by atoms with Gasteiger partial charge < -0.3 is 11.1 Å². The maximum atomic E-state index is 13.2. The summed E-state index contributed by atoms with van der Waals surface area (Å²) in [5.74, 6) is -0.806. The molecule has 0 aromatic heterocycles. The minimum Gasteiger partial charge on any atom is -0.368 e. The Hall–Kier alpha value is -2.61. The number of carbonyl (C=O) groups excluding carboxylic acids is 3. The molecule has 0 atom stereocenters. The van der Waals surface area contributed by atoms with Crippen LogP contribution < -0.4 is 26.8 Å². The molecule has 29 heavy (non-hydrogen) atoms. The zero-order valence-electron chi connectivity index (χ0n) is 17.4. The van der Waals surface area contributed by atoms with E-state index in [2.05, 4.69) is 16.2 Å². The minimum absolute atomic E-state index is 0.149. The van der Waals surface area contributed by atoms with Crippen LogP contribution in [-0.2, 0) is 9.59 Å². The van der Waals surface area contributed by atoms with Gasteiger partial charge in [0, 0.05) is 12.2 Å². The van der Waals surface area contributed by atoms with Crippen LogP contribution in [0.25, 0.3) is 0 Å². The number of hydrazine groups is 1. The molecule has 160 valence electrons.